The molecular formula is C14H20N2O. The second-order valence-electron chi connectivity index (χ2n) is 4.79. The predicted molar refractivity (Wildman–Crippen MR) is 70.0 cm³/mol. The van der Waals surface area contributed by atoms with Crippen LogP contribution in [-0.4, -0.2) is 19.0 Å². The normalized spacial score (nSPS) is 23.6. The zero-order valence-corrected chi connectivity index (χ0v) is 10.5. The van der Waals surface area contributed by atoms with Crippen LogP contribution in [0.5, 0.6) is 0 Å². The Morgan fingerprint density at radius 2 is 2.29 bits per heavy atom. The van der Waals surface area contributed by atoms with E-state index in [1.165, 1.54) is 5.56 Å². The van der Waals surface area contributed by atoms with Gasteiger partial charge in [-0.15, -0.1) is 0 Å². The number of nitrogens with one attached hydrogen (secondary N) is 2. The molecule has 3 nitrogen and oxygen atoms in total. The van der Waals surface area contributed by atoms with Crippen molar-refractivity contribution in [3.63, 3.8) is 0 Å². The fourth-order valence-electron chi connectivity index (χ4n) is 2.27. The van der Waals surface area contributed by atoms with E-state index in [-0.39, 0.29) is 11.8 Å². The van der Waals surface area contributed by atoms with Crippen molar-refractivity contribution in [2.45, 2.75) is 20.3 Å². The third kappa shape index (κ3) is 2.86. The van der Waals surface area contributed by atoms with Crippen molar-refractivity contribution in [1.29, 1.82) is 0 Å². The topological polar surface area (TPSA) is 41.1 Å². The summed E-state index contributed by atoms with van der Waals surface area (Å²) in [5.74, 6) is 0.653. The lowest BCUT2D eigenvalue weighted by Gasteiger charge is -2.14. The van der Waals surface area contributed by atoms with Gasteiger partial charge in [-0.1, -0.05) is 26.0 Å². The number of hydrogen-bond acceptors (Lipinski definition) is 2. The van der Waals surface area contributed by atoms with E-state index in [2.05, 4.69) is 30.5 Å². The Bertz CT molecular complexity index is 403. The molecule has 0 unspecified atom stereocenters. The van der Waals surface area contributed by atoms with E-state index >= 15 is 0 Å². The Morgan fingerprint density at radius 1 is 1.47 bits per heavy atom. The highest BCUT2D eigenvalue weighted by Gasteiger charge is 2.29. The van der Waals surface area contributed by atoms with Crippen molar-refractivity contribution in [2.75, 3.05) is 18.4 Å². The standard InChI is InChI=1S/C14H20N2O/c1-3-11-5-4-6-12(7-11)16-14(17)13-9-15-8-10(13)2/h4-7,10,13,15H,3,8-9H2,1-2H3,(H,16,17)/t10-,13-/m1/s1. The van der Waals surface area contributed by atoms with Crippen LogP contribution < -0.4 is 10.6 Å². The fraction of sp³-hybridized carbons (Fsp3) is 0.500. The summed E-state index contributed by atoms with van der Waals surface area (Å²) in [6.07, 6.45) is 0.991. The monoisotopic (exact) mass is 232 g/mol. The average Bonchev–Trinajstić information content (AvgIpc) is 2.76. The Labute approximate surface area is 103 Å². The van der Waals surface area contributed by atoms with Crippen LogP contribution in [0.4, 0.5) is 5.69 Å². The van der Waals surface area contributed by atoms with E-state index in [1.54, 1.807) is 0 Å². The molecule has 17 heavy (non-hydrogen) atoms. The van der Waals surface area contributed by atoms with E-state index in [0.717, 1.165) is 25.2 Å². The second kappa shape index (κ2) is 5.32. The van der Waals surface area contributed by atoms with Gasteiger partial charge in [0, 0.05) is 12.2 Å². The highest BCUT2D eigenvalue weighted by Crippen LogP contribution is 2.19. The molecule has 1 amide bonds. The number of carbonyl (C=O) groups is 1. The predicted octanol–water partition coefficient (Wildman–Crippen LogP) is 2.04. The molecule has 0 bridgehead atoms. The third-order valence-corrected chi connectivity index (χ3v) is 3.46. The van der Waals surface area contributed by atoms with Crippen LogP contribution in [0.15, 0.2) is 24.3 Å². The van der Waals surface area contributed by atoms with E-state index in [1.807, 2.05) is 18.2 Å². The Kier molecular flexibility index (Phi) is 3.79. The molecule has 0 radical (unpaired) electrons. The lowest BCUT2D eigenvalue weighted by molar-refractivity contribution is -0.120. The molecule has 2 atom stereocenters. The molecular weight excluding hydrogens is 212 g/mol. The molecule has 1 fully saturated rings. The van der Waals surface area contributed by atoms with Gasteiger partial charge in [0.1, 0.15) is 0 Å². The Hall–Kier alpha value is -1.35. The summed E-state index contributed by atoms with van der Waals surface area (Å²) in [5.41, 5.74) is 2.16. The smallest absolute Gasteiger partial charge is 0.229 e. The first-order chi connectivity index (χ1) is 8.20. The summed E-state index contributed by atoms with van der Waals surface area (Å²) < 4.78 is 0. The number of hydrogen-bond donors (Lipinski definition) is 2. The maximum absolute atomic E-state index is 12.1. The lowest BCUT2D eigenvalue weighted by Crippen LogP contribution is -2.27. The van der Waals surface area contributed by atoms with E-state index in [9.17, 15) is 4.79 Å². The number of anilines is 1. The zero-order valence-electron chi connectivity index (χ0n) is 10.5. The van der Waals surface area contributed by atoms with Crippen molar-refractivity contribution in [3.05, 3.63) is 29.8 Å². The highest BCUT2D eigenvalue weighted by atomic mass is 16.1. The van der Waals surface area contributed by atoms with Gasteiger partial charge in [-0.2, -0.15) is 0 Å². The first kappa shape index (κ1) is 12.1. The molecule has 3 heteroatoms. The first-order valence-electron chi connectivity index (χ1n) is 6.31. The summed E-state index contributed by atoms with van der Waals surface area (Å²) in [5, 5.41) is 6.26. The van der Waals surface area contributed by atoms with Crippen LogP contribution in [0.3, 0.4) is 0 Å². The summed E-state index contributed by atoms with van der Waals surface area (Å²) in [4.78, 5) is 12.1. The molecule has 1 heterocycles. The van der Waals surface area contributed by atoms with Crippen LogP contribution in [0, 0.1) is 11.8 Å². The van der Waals surface area contributed by atoms with Crippen LogP contribution in [0.2, 0.25) is 0 Å². The minimum atomic E-state index is 0.0975. The Balaban J connectivity index is 2.02. The maximum Gasteiger partial charge on any atom is 0.229 e. The molecule has 92 valence electrons. The van der Waals surface area contributed by atoms with Crippen molar-refractivity contribution < 1.29 is 4.79 Å². The van der Waals surface area contributed by atoms with Crippen molar-refractivity contribution in [1.82, 2.24) is 5.32 Å². The minimum Gasteiger partial charge on any atom is -0.326 e. The van der Waals surface area contributed by atoms with Gasteiger partial charge in [-0.05, 0) is 36.6 Å². The van der Waals surface area contributed by atoms with E-state index < -0.39 is 0 Å². The molecule has 0 spiro atoms. The molecule has 0 saturated carbocycles. The van der Waals surface area contributed by atoms with Gasteiger partial charge in [-0.3, -0.25) is 4.79 Å². The van der Waals surface area contributed by atoms with Gasteiger partial charge in [0.15, 0.2) is 0 Å². The molecule has 2 N–H and O–H groups in total. The second-order valence-corrected chi connectivity index (χ2v) is 4.79. The highest BCUT2D eigenvalue weighted by molar-refractivity contribution is 5.93. The van der Waals surface area contributed by atoms with E-state index in [0.29, 0.717) is 5.92 Å². The summed E-state index contributed by atoms with van der Waals surface area (Å²) in [6, 6.07) is 8.06. The average molecular weight is 232 g/mol. The molecule has 0 aromatic heterocycles. The quantitative estimate of drug-likeness (QED) is 0.837. The Morgan fingerprint density at radius 3 is 2.94 bits per heavy atom. The van der Waals surface area contributed by atoms with Crippen molar-refractivity contribution in [3.8, 4) is 0 Å². The van der Waals surface area contributed by atoms with Gasteiger partial charge in [-0.25, -0.2) is 0 Å². The minimum absolute atomic E-state index is 0.0975. The molecule has 1 aliphatic rings. The number of amides is 1. The first-order valence-corrected chi connectivity index (χ1v) is 6.31. The number of carbonyl (C=O) groups excluding carboxylic acids is 1. The SMILES string of the molecule is CCc1cccc(NC(=O)[C@@H]2CNC[C@H]2C)c1. The molecule has 1 saturated heterocycles. The molecule has 1 aromatic carbocycles. The van der Waals surface area contributed by atoms with E-state index in [4.69, 9.17) is 0 Å². The zero-order chi connectivity index (χ0) is 12.3. The van der Waals surface area contributed by atoms with Gasteiger partial charge in [0.2, 0.25) is 5.91 Å². The van der Waals surface area contributed by atoms with Crippen molar-refractivity contribution >= 4 is 11.6 Å². The molecule has 1 aromatic rings. The van der Waals surface area contributed by atoms with Gasteiger partial charge < -0.3 is 10.6 Å². The molecule has 1 aliphatic heterocycles. The van der Waals surface area contributed by atoms with Gasteiger partial charge in [0.05, 0.1) is 5.92 Å². The van der Waals surface area contributed by atoms with Crippen LogP contribution in [0.25, 0.3) is 0 Å². The van der Waals surface area contributed by atoms with Gasteiger partial charge >= 0.3 is 0 Å². The summed E-state index contributed by atoms with van der Waals surface area (Å²) in [6.45, 7) is 5.96. The molecule has 0 aliphatic carbocycles. The summed E-state index contributed by atoms with van der Waals surface area (Å²) >= 11 is 0. The lowest BCUT2D eigenvalue weighted by atomic mass is 9.97. The van der Waals surface area contributed by atoms with Gasteiger partial charge in [0.25, 0.3) is 0 Å². The number of aryl methyl sites for hydroxylation is 1. The number of benzene rings is 1. The molecule has 2 rings (SSSR count). The largest absolute Gasteiger partial charge is 0.326 e. The summed E-state index contributed by atoms with van der Waals surface area (Å²) in [7, 11) is 0. The number of rotatable bonds is 3. The maximum atomic E-state index is 12.1. The van der Waals surface area contributed by atoms with Crippen LogP contribution in [0.1, 0.15) is 19.4 Å². The van der Waals surface area contributed by atoms with Crippen LogP contribution in [-0.2, 0) is 11.2 Å². The van der Waals surface area contributed by atoms with Crippen molar-refractivity contribution in [2.24, 2.45) is 11.8 Å². The third-order valence-electron chi connectivity index (χ3n) is 3.46. The fourth-order valence-corrected chi connectivity index (χ4v) is 2.27. The van der Waals surface area contributed by atoms with Crippen LogP contribution >= 0.6 is 0 Å².